The van der Waals surface area contributed by atoms with Gasteiger partial charge in [-0.25, -0.2) is 0 Å². The minimum atomic E-state index is -3.13. The number of aliphatic hydroxyl groups excluding tert-OH is 3. The van der Waals surface area contributed by atoms with Crippen LogP contribution >= 0.6 is 0 Å². The maximum Gasteiger partial charge on any atom is 0.261 e. The molecule has 0 bridgehead atoms. The number of ether oxygens (including phenoxy) is 4. The van der Waals surface area contributed by atoms with Gasteiger partial charge in [-0.3, -0.25) is 0 Å². The quantitative estimate of drug-likeness (QED) is 0.324. The highest BCUT2D eigenvalue weighted by Gasteiger charge is 2.58. The summed E-state index contributed by atoms with van der Waals surface area (Å²) in [7, 11) is -0.186. The van der Waals surface area contributed by atoms with E-state index in [4.69, 9.17) is 23.4 Å². The van der Waals surface area contributed by atoms with E-state index in [-0.39, 0.29) is 18.6 Å². The van der Waals surface area contributed by atoms with E-state index >= 15 is 0 Å². The van der Waals surface area contributed by atoms with E-state index in [1.807, 2.05) is 60.7 Å². The van der Waals surface area contributed by atoms with Crippen LogP contribution in [-0.2, 0) is 23.4 Å². The summed E-state index contributed by atoms with van der Waals surface area (Å²) in [6, 6.07) is 20.0. The molecule has 0 aliphatic heterocycles. The molecule has 0 spiro atoms. The van der Waals surface area contributed by atoms with Crippen molar-refractivity contribution in [1.29, 1.82) is 0 Å². The lowest BCUT2D eigenvalue weighted by Crippen LogP contribution is -2.73. The van der Waals surface area contributed by atoms with Gasteiger partial charge in [0.05, 0.1) is 0 Å². The van der Waals surface area contributed by atoms with Crippen LogP contribution in [0.3, 0.4) is 0 Å². The number of methoxy groups -OCH3 is 2. The molecule has 0 amide bonds. The third-order valence-electron chi connectivity index (χ3n) is 6.51. The molecule has 8 nitrogen and oxygen atoms in total. The highest BCUT2D eigenvalue weighted by molar-refractivity contribution is 6.99. The molecule has 0 radical (unpaired) electrons. The molecule has 0 heterocycles. The van der Waals surface area contributed by atoms with Crippen LogP contribution in [0.15, 0.2) is 60.7 Å². The van der Waals surface area contributed by atoms with Crippen molar-refractivity contribution in [3.05, 3.63) is 60.7 Å². The van der Waals surface area contributed by atoms with Gasteiger partial charge in [-0.05, 0) is 15.4 Å². The molecule has 0 saturated heterocycles. The Balaban J connectivity index is 2.21. The Kier molecular flexibility index (Phi) is 9.61. The number of hydrogen-bond acceptors (Lipinski definition) is 8. The van der Waals surface area contributed by atoms with Gasteiger partial charge in [0.15, 0.2) is 0 Å². The normalized spacial score (nSPS) is 27.7. The highest BCUT2D eigenvalue weighted by Crippen LogP contribution is 2.40. The van der Waals surface area contributed by atoms with Crippen molar-refractivity contribution >= 4 is 18.7 Å². The fourth-order valence-electron chi connectivity index (χ4n) is 4.88. The van der Waals surface area contributed by atoms with Gasteiger partial charge in [-0.15, -0.1) is 0 Å². The molecule has 1 aliphatic carbocycles. The van der Waals surface area contributed by atoms with E-state index in [9.17, 15) is 15.3 Å². The van der Waals surface area contributed by atoms with Crippen molar-refractivity contribution in [2.24, 2.45) is 0 Å². The van der Waals surface area contributed by atoms with Gasteiger partial charge in [-0.1, -0.05) is 81.4 Å². The smallest absolute Gasteiger partial charge is 0.261 e. The van der Waals surface area contributed by atoms with Crippen molar-refractivity contribution < 1.29 is 38.7 Å². The van der Waals surface area contributed by atoms with E-state index in [1.54, 1.807) is 0 Å². The summed E-state index contributed by atoms with van der Waals surface area (Å²) >= 11 is 0. The van der Waals surface area contributed by atoms with Gasteiger partial charge in [0.2, 0.25) is 0 Å². The zero-order chi connectivity index (χ0) is 25.6. The van der Waals surface area contributed by atoms with E-state index in [2.05, 4.69) is 20.8 Å². The summed E-state index contributed by atoms with van der Waals surface area (Å²) in [6.45, 7) is 6.10. The molecular weight excluding hydrogens is 468 g/mol. The summed E-state index contributed by atoms with van der Waals surface area (Å²) in [5.74, 6) is 0. The minimum Gasteiger partial charge on any atom is -0.399 e. The Bertz CT molecular complexity index is 830. The lowest BCUT2D eigenvalue weighted by atomic mass is 9.84. The Morgan fingerprint density at radius 3 is 1.40 bits per heavy atom. The van der Waals surface area contributed by atoms with Crippen LogP contribution in [0.25, 0.3) is 0 Å². The topological polar surface area (TPSA) is 107 Å². The van der Waals surface area contributed by atoms with Crippen LogP contribution in [0.4, 0.5) is 0 Å². The molecule has 2 aromatic carbocycles. The lowest BCUT2D eigenvalue weighted by Gasteiger charge is -2.51. The van der Waals surface area contributed by atoms with Crippen molar-refractivity contribution in [3.63, 3.8) is 0 Å². The number of hydrogen-bond donors (Lipinski definition) is 3. The highest BCUT2D eigenvalue weighted by atomic mass is 28.4. The van der Waals surface area contributed by atoms with E-state index in [1.165, 1.54) is 14.2 Å². The Morgan fingerprint density at radius 1 is 0.657 bits per heavy atom. The van der Waals surface area contributed by atoms with E-state index < -0.39 is 44.9 Å². The third kappa shape index (κ3) is 5.69. The second-order valence-electron chi connectivity index (χ2n) is 9.79. The molecule has 0 aromatic heterocycles. The number of benzene rings is 2. The fraction of sp³-hybridized carbons (Fsp3) is 0.538. The van der Waals surface area contributed by atoms with Gasteiger partial charge in [0, 0.05) is 14.2 Å². The van der Waals surface area contributed by atoms with Crippen LogP contribution in [0.5, 0.6) is 0 Å². The second-order valence-corrected chi connectivity index (χ2v) is 14.0. The first-order valence-electron chi connectivity index (χ1n) is 11.7. The molecule has 35 heavy (non-hydrogen) atoms. The first kappa shape index (κ1) is 27.9. The average molecular weight is 507 g/mol. The van der Waals surface area contributed by atoms with Gasteiger partial charge >= 0.3 is 0 Å². The minimum absolute atomic E-state index is 0.137. The van der Waals surface area contributed by atoms with Gasteiger partial charge in [0.1, 0.15) is 50.2 Å². The first-order chi connectivity index (χ1) is 16.7. The summed E-state index contributed by atoms with van der Waals surface area (Å²) in [5.41, 5.74) is 0. The second kappa shape index (κ2) is 12.0. The van der Waals surface area contributed by atoms with Crippen molar-refractivity contribution in [2.45, 2.75) is 62.4 Å². The predicted molar refractivity (Wildman–Crippen MR) is 134 cm³/mol. The Labute approximate surface area is 208 Å². The largest absolute Gasteiger partial charge is 0.399 e. The SMILES string of the molecule is COCO[C@H]1C(O[Si](c2ccccc2)(c2ccccc2)C(C)(C)C)[C@H](OCOC)[C@@H](O)C(O)[C@H]1O. The predicted octanol–water partition coefficient (Wildman–Crippen LogP) is 1.01. The molecular formula is C26H38O8Si. The summed E-state index contributed by atoms with van der Waals surface area (Å²) in [5, 5.41) is 34.2. The van der Waals surface area contributed by atoms with Crippen molar-refractivity contribution in [3.8, 4) is 0 Å². The molecule has 1 aliphatic rings. The third-order valence-corrected chi connectivity index (χ3v) is 11.5. The van der Waals surface area contributed by atoms with Crippen molar-refractivity contribution in [2.75, 3.05) is 27.8 Å². The molecule has 9 heteroatoms. The lowest BCUT2D eigenvalue weighted by molar-refractivity contribution is -0.265. The maximum absolute atomic E-state index is 10.9. The maximum atomic E-state index is 10.9. The van der Waals surface area contributed by atoms with Gasteiger partial charge < -0.3 is 38.7 Å². The molecule has 6 atom stereocenters. The number of rotatable bonds is 10. The summed E-state index contributed by atoms with van der Waals surface area (Å²) in [6.07, 6.45) is -7.36. The Hall–Kier alpha value is -1.66. The molecule has 2 unspecified atom stereocenters. The zero-order valence-corrected chi connectivity index (χ0v) is 22.0. The zero-order valence-electron chi connectivity index (χ0n) is 21.0. The fourth-order valence-corrected chi connectivity index (χ4v) is 9.57. The Morgan fingerprint density at radius 2 is 1.06 bits per heavy atom. The van der Waals surface area contributed by atoms with Gasteiger partial charge in [-0.2, -0.15) is 0 Å². The molecule has 2 aromatic rings. The molecule has 3 N–H and O–H groups in total. The summed E-state index contributed by atoms with van der Waals surface area (Å²) in [4.78, 5) is 0. The van der Waals surface area contributed by atoms with E-state index in [0.29, 0.717) is 0 Å². The van der Waals surface area contributed by atoms with Crippen molar-refractivity contribution in [1.82, 2.24) is 0 Å². The standard InChI is InChI=1S/C26H38O8Si/c1-26(2,3)35(18-12-8-6-9-13-18,19-14-10-7-11-15-19)34-25-23(32-16-30-4)21(28)20(27)22(29)24(25)33-17-31-5/h6-15,20-25,27-29H,16-17H2,1-5H3/t20?,21-,22+,23-,24-,25?/m1/s1. The van der Waals surface area contributed by atoms with Crippen LogP contribution in [0.2, 0.25) is 5.04 Å². The molecule has 1 fully saturated rings. The summed E-state index contributed by atoms with van der Waals surface area (Å²) < 4.78 is 29.1. The average Bonchev–Trinajstić information content (AvgIpc) is 2.85. The van der Waals surface area contributed by atoms with E-state index in [0.717, 1.165) is 10.4 Å². The monoisotopic (exact) mass is 506 g/mol. The van der Waals surface area contributed by atoms with Crippen LogP contribution in [0, 0.1) is 0 Å². The first-order valence-corrected chi connectivity index (χ1v) is 13.6. The van der Waals surface area contributed by atoms with Crippen LogP contribution in [-0.4, -0.2) is 88.1 Å². The molecule has 1 saturated carbocycles. The molecule has 3 rings (SSSR count). The number of aliphatic hydroxyl groups is 3. The van der Waals surface area contributed by atoms with Gasteiger partial charge in [0.25, 0.3) is 8.32 Å². The van der Waals surface area contributed by atoms with Crippen LogP contribution in [0.1, 0.15) is 20.8 Å². The molecule has 194 valence electrons. The van der Waals surface area contributed by atoms with Crippen LogP contribution < -0.4 is 10.4 Å².